The molecule has 3 aliphatic heterocycles. The molecule has 0 aromatic carbocycles. The minimum atomic E-state index is -1.58. The standard InChI is InChI=1S/C20H26O9/c1-11(21)26-10-13-16-14(28-17(13)23)8-18(3)6-7-20(25-5,29-18)19(4,24)9-15(16)27-12(2)22/h8,15,24H,6-7,9-10H2,1-5H3. The maximum atomic E-state index is 12.5. The average Bonchev–Trinajstić information content (AvgIpc) is 3.09. The number of hydrogen-bond acceptors (Lipinski definition) is 9. The molecular weight excluding hydrogens is 384 g/mol. The molecule has 4 unspecified atom stereocenters. The van der Waals surface area contributed by atoms with Gasteiger partial charge in [0.15, 0.2) is 5.79 Å². The van der Waals surface area contributed by atoms with Crippen molar-refractivity contribution in [2.24, 2.45) is 0 Å². The smallest absolute Gasteiger partial charge is 0.343 e. The van der Waals surface area contributed by atoms with Gasteiger partial charge in [-0.1, -0.05) is 0 Å². The van der Waals surface area contributed by atoms with Crippen LogP contribution in [-0.2, 0) is 38.1 Å². The van der Waals surface area contributed by atoms with E-state index in [1.54, 1.807) is 13.0 Å². The molecule has 3 aliphatic rings. The second-order valence-corrected chi connectivity index (χ2v) is 8.02. The predicted molar refractivity (Wildman–Crippen MR) is 97.1 cm³/mol. The van der Waals surface area contributed by atoms with Gasteiger partial charge in [0.05, 0.1) is 11.2 Å². The lowest BCUT2D eigenvalue weighted by Gasteiger charge is -2.42. The van der Waals surface area contributed by atoms with Crippen molar-refractivity contribution in [3.8, 4) is 0 Å². The third-order valence-corrected chi connectivity index (χ3v) is 5.61. The summed E-state index contributed by atoms with van der Waals surface area (Å²) in [4.78, 5) is 35.6. The molecule has 160 valence electrons. The molecule has 9 nitrogen and oxygen atoms in total. The van der Waals surface area contributed by atoms with Crippen LogP contribution < -0.4 is 0 Å². The van der Waals surface area contributed by atoms with E-state index < -0.39 is 41.0 Å². The van der Waals surface area contributed by atoms with Gasteiger partial charge in [-0.3, -0.25) is 9.59 Å². The first kappa shape index (κ1) is 21.5. The molecule has 0 aliphatic carbocycles. The number of methoxy groups -OCH3 is 1. The second-order valence-electron chi connectivity index (χ2n) is 8.02. The van der Waals surface area contributed by atoms with E-state index in [0.717, 1.165) is 0 Å². The summed E-state index contributed by atoms with van der Waals surface area (Å²) in [6, 6.07) is 0. The minimum absolute atomic E-state index is 0.0568. The van der Waals surface area contributed by atoms with Gasteiger partial charge in [-0.2, -0.15) is 0 Å². The summed E-state index contributed by atoms with van der Waals surface area (Å²) in [5.41, 5.74) is -2.16. The number of fused-ring (bicyclic) bond motifs is 3. The predicted octanol–water partition coefficient (Wildman–Crippen LogP) is 1.28. The van der Waals surface area contributed by atoms with E-state index in [-0.39, 0.29) is 29.9 Å². The molecule has 1 N–H and O–H groups in total. The van der Waals surface area contributed by atoms with Crippen LogP contribution in [0.3, 0.4) is 0 Å². The van der Waals surface area contributed by atoms with Crippen molar-refractivity contribution in [1.29, 1.82) is 0 Å². The Kier molecular flexibility index (Phi) is 5.35. The van der Waals surface area contributed by atoms with E-state index in [2.05, 4.69) is 0 Å². The van der Waals surface area contributed by atoms with Gasteiger partial charge in [0.1, 0.15) is 24.1 Å². The van der Waals surface area contributed by atoms with E-state index in [1.165, 1.54) is 27.9 Å². The number of carbonyl (C=O) groups is 3. The molecule has 3 heterocycles. The zero-order valence-corrected chi connectivity index (χ0v) is 17.2. The van der Waals surface area contributed by atoms with Gasteiger partial charge in [0.25, 0.3) is 0 Å². The first-order valence-electron chi connectivity index (χ1n) is 9.39. The summed E-state index contributed by atoms with van der Waals surface area (Å²) in [5.74, 6) is -3.06. The molecule has 3 rings (SSSR count). The Bertz CT molecular complexity index is 809. The van der Waals surface area contributed by atoms with Crippen LogP contribution in [0.25, 0.3) is 0 Å². The molecular formula is C20H26O9. The van der Waals surface area contributed by atoms with Gasteiger partial charge < -0.3 is 28.8 Å². The van der Waals surface area contributed by atoms with E-state index >= 15 is 0 Å². The Hall–Kier alpha value is -2.23. The van der Waals surface area contributed by atoms with Crippen LogP contribution in [0.15, 0.2) is 23.0 Å². The van der Waals surface area contributed by atoms with E-state index in [1.807, 2.05) is 0 Å². The SMILES string of the molecule is COC12CCC(C)(C=C3OC(=O)C(COC(C)=O)=C3C(OC(C)=O)CC1(C)O)O2. The fourth-order valence-corrected chi connectivity index (χ4v) is 4.18. The molecule has 0 amide bonds. The van der Waals surface area contributed by atoms with Crippen molar-refractivity contribution >= 4 is 17.9 Å². The van der Waals surface area contributed by atoms with Gasteiger partial charge in [0, 0.05) is 39.4 Å². The Morgan fingerprint density at radius 1 is 1.24 bits per heavy atom. The molecule has 1 saturated heterocycles. The second kappa shape index (κ2) is 7.23. The zero-order valence-electron chi connectivity index (χ0n) is 17.2. The number of carbonyl (C=O) groups excluding carboxylic acids is 3. The molecule has 0 saturated carbocycles. The summed E-state index contributed by atoms with van der Waals surface area (Å²) in [5, 5.41) is 11.3. The van der Waals surface area contributed by atoms with Gasteiger partial charge in [-0.05, 0) is 26.3 Å². The lowest BCUT2D eigenvalue weighted by atomic mass is 9.82. The van der Waals surface area contributed by atoms with Crippen molar-refractivity contribution in [2.75, 3.05) is 13.7 Å². The highest BCUT2D eigenvalue weighted by Crippen LogP contribution is 2.50. The summed E-state index contributed by atoms with van der Waals surface area (Å²) in [6.45, 7) is 5.43. The lowest BCUT2D eigenvalue weighted by Crippen LogP contribution is -2.56. The van der Waals surface area contributed by atoms with Crippen LogP contribution >= 0.6 is 0 Å². The fraction of sp³-hybridized carbons (Fsp3) is 0.650. The molecule has 0 spiro atoms. The highest BCUT2D eigenvalue weighted by Gasteiger charge is 2.60. The normalized spacial score (nSPS) is 36.4. The zero-order chi connectivity index (χ0) is 21.6. The molecule has 0 aromatic heterocycles. The first-order chi connectivity index (χ1) is 13.4. The highest BCUT2D eigenvalue weighted by molar-refractivity contribution is 5.95. The number of esters is 3. The topological polar surface area (TPSA) is 118 Å². The lowest BCUT2D eigenvalue weighted by molar-refractivity contribution is -0.310. The number of aliphatic hydroxyl groups is 1. The molecule has 1 fully saturated rings. The third-order valence-electron chi connectivity index (χ3n) is 5.61. The van der Waals surface area contributed by atoms with Gasteiger partial charge in [0.2, 0.25) is 0 Å². The molecule has 9 heteroatoms. The van der Waals surface area contributed by atoms with E-state index in [9.17, 15) is 19.5 Å². The molecule has 4 atom stereocenters. The van der Waals surface area contributed by atoms with Crippen LogP contribution in [0.5, 0.6) is 0 Å². The van der Waals surface area contributed by atoms with Gasteiger partial charge in [-0.15, -0.1) is 0 Å². The van der Waals surface area contributed by atoms with Gasteiger partial charge >= 0.3 is 17.9 Å². The van der Waals surface area contributed by atoms with Crippen LogP contribution in [0.1, 0.15) is 47.0 Å². The minimum Gasteiger partial charge on any atom is -0.461 e. The Morgan fingerprint density at radius 2 is 1.93 bits per heavy atom. The quantitative estimate of drug-likeness (QED) is 0.540. The maximum absolute atomic E-state index is 12.5. The van der Waals surface area contributed by atoms with Crippen molar-refractivity contribution in [2.45, 2.75) is 70.1 Å². The summed E-state index contributed by atoms with van der Waals surface area (Å²) < 4.78 is 27.7. The van der Waals surface area contributed by atoms with Crippen molar-refractivity contribution in [1.82, 2.24) is 0 Å². The molecule has 0 radical (unpaired) electrons. The average molecular weight is 410 g/mol. The van der Waals surface area contributed by atoms with E-state index in [0.29, 0.717) is 12.8 Å². The maximum Gasteiger partial charge on any atom is 0.343 e. The van der Waals surface area contributed by atoms with Crippen molar-refractivity contribution < 1.29 is 43.2 Å². The van der Waals surface area contributed by atoms with Crippen LogP contribution in [0.4, 0.5) is 0 Å². The Balaban J connectivity index is 2.18. The van der Waals surface area contributed by atoms with Gasteiger partial charge in [-0.25, -0.2) is 4.79 Å². The van der Waals surface area contributed by atoms with Crippen LogP contribution in [-0.4, -0.2) is 59.8 Å². The number of ether oxygens (including phenoxy) is 5. The summed E-state index contributed by atoms with van der Waals surface area (Å²) >= 11 is 0. The van der Waals surface area contributed by atoms with E-state index in [4.69, 9.17) is 23.7 Å². The number of hydrogen-bond donors (Lipinski definition) is 1. The Morgan fingerprint density at radius 3 is 2.52 bits per heavy atom. The third kappa shape index (κ3) is 3.82. The summed E-state index contributed by atoms with van der Waals surface area (Å²) in [7, 11) is 1.44. The monoisotopic (exact) mass is 410 g/mol. The van der Waals surface area contributed by atoms with Crippen LogP contribution in [0, 0.1) is 0 Å². The largest absolute Gasteiger partial charge is 0.461 e. The molecule has 2 bridgehead atoms. The Labute approximate surface area is 168 Å². The van der Waals surface area contributed by atoms with Crippen LogP contribution in [0.2, 0.25) is 0 Å². The fourth-order valence-electron chi connectivity index (χ4n) is 4.18. The first-order valence-corrected chi connectivity index (χ1v) is 9.39. The van der Waals surface area contributed by atoms with Crippen molar-refractivity contribution in [3.05, 3.63) is 23.0 Å². The molecule has 29 heavy (non-hydrogen) atoms. The number of rotatable bonds is 4. The molecule has 0 aromatic rings. The highest BCUT2D eigenvalue weighted by atomic mass is 16.7. The van der Waals surface area contributed by atoms with Crippen molar-refractivity contribution in [3.63, 3.8) is 0 Å². The summed E-state index contributed by atoms with van der Waals surface area (Å²) in [6.07, 6.45) is 1.35.